The highest BCUT2D eigenvalue weighted by Crippen LogP contribution is 2.36. The van der Waals surface area contributed by atoms with E-state index in [2.05, 4.69) is 55.5 Å². The molecule has 0 aromatic heterocycles. The maximum atomic E-state index is 5.71. The van der Waals surface area contributed by atoms with Crippen molar-refractivity contribution in [2.45, 2.75) is 71.3 Å². The van der Waals surface area contributed by atoms with Crippen LogP contribution in [0.25, 0.3) is 0 Å². The summed E-state index contributed by atoms with van der Waals surface area (Å²) < 4.78 is 5.71. The lowest BCUT2D eigenvalue weighted by Crippen LogP contribution is -2.11. The van der Waals surface area contributed by atoms with Gasteiger partial charge in [0.05, 0.1) is 13.2 Å². The first-order valence-corrected chi connectivity index (χ1v) is 9.77. The topological polar surface area (TPSA) is 9.23 Å². The van der Waals surface area contributed by atoms with Crippen molar-refractivity contribution in [3.05, 3.63) is 59.7 Å². The number of rotatable bonds is 9. The van der Waals surface area contributed by atoms with Crippen LogP contribution in [-0.2, 0) is 11.3 Å². The molecule has 0 aliphatic heterocycles. The van der Waals surface area contributed by atoms with Crippen molar-refractivity contribution >= 4 is 0 Å². The quantitative estimate of drug-likeness (QED) is 0.358. The Hall–Kier alpha value is -1.34. The van der Waals surface area contributed by atoms with Gasteiger partial charge in [0.15, 0.2) is 0 Å². The highest BCUT2D eigenvalue weighted by molar-refractivity contribution is 5.25. The minimum atomic E-state index is 0.729. The molecule has 0 spiro atoms. The third kappa shape index (κ3) is 6.65. The molecule has 1 saturated carbocycles. The van der Waals surface area contributed by atoms with E-state index in [1.54, 1.807) is 0 Å². The first kappa shape index (κ1) is 19.0. The summed E-state index contributed by atoms with van der Waals surface area (Å²) >= 11 is 0. The minimum Gasteiger partial charge on any atom is -0.376 e. The van der Waals surface area contributed by atoms with Crippen LogP contribution in [0.1, 0.15) is 75.8 Å². The Labute approximate surface area is 148 Å². The Morgan fingerprint density at radius 3 is 2.42 bits per heavy atom. The van der Waals surface area contributed by atoms with Crippen molar-refractivity contribution in [2.24, 2.45) is 5.92 Å². The van der Waals surface area contributed by atoms with Crippen LogP contribution in [0.5, 0.6) is 0 Å². The number of ether oxygens (including phenoxy) is 1. The maximum absolute atomic E-state index is 5.71. The summed E-state index contributed by atoms with van der Waals surface area (Å²) in [4.78, 5) is 0. The molecule has 1 aliphatic carbocycles. The van der Waals surface area contributed by atoms with Gasteiger partial charge in [0, 0.05) is 0 Å². The molecule has 2 rings (SSSR count). The minimum absolute atomic E-state index is 0.729. The van der Waals surface area contributed by atoms with Gasteiger partial charge in [0.2, 0.25) is 0 Å². The smallest absolute Gasteiger partial charge is 0.0717 e. The summed E-state index contributed by atoms with van der Waals surface area (Å²) in [5, 5.41) is 0. The Balaban J connectivity index is 1.73. The standard InChI is InChI=1S/C23H34O/c1-3-5-7-9-20-10-14-22(15-11-20)23-16-12-21(13-17-23)19-24-18-8-6-4-2/h4,6-7,9,12-13,16-17,20,22H,3,5,8,10-11,14-15,18-19H2,1-2H3/t20-,22-. The summed E-state index contributed by atoms with van der Waals surface area (Å²) in [5.41, 5.74) is 2.80. The average molecular weight is 327 g/mol. The van der Waals surface area contributed by atoms with E-state index in [-0.39, 0.29) is 0 Å². The van der Waals surface area contributed by atoms with Gasteiger partial charge in [-0.2, -0.15) is 0 Å². The Kier molecular flexibility index (Phi) is 8.91. The second kappa shape index (κ2) is 11.3. The van der Waals surface area contributed by atoms with Crippen LogP contribution in [-0.4, -0.2) is 6.61 Å². The largest absolute Gasteiger partial charge is 0.376 e. The highest BCUT2D eigenvalue weighted by Gasteiger charge is 2.20. The SMILES string of the molecule is CC=CCCOCc1ccc([C@H]2CC[C@H](C=CCCC)CC2)cc1. The van der Waals surface area contributed by atoms with Gasteiger partial charge in [-0.25, -0.2) is 0 Å². The van der Waals surface area contributed by atoms with E-state index in [1.807, 2.05) is 6.92 Å². The summed E-state index contributed by atoms with van der Waals surface area (Å²) in [7, 11) is 0. The number of hydrogen-bond acceptors (Lipinski definition) is 1. The van der Waals surface area contributed by atoms with Crippen LogP contribution in [0.4, 0.5) is 0 Å². The van der Waals surface area contributed by atoms with Gasteiger partial charge in [-0.1, -0.05) is 61.9 Å². The predicted octanol–water partition coefficient (Wildman–Crippen LogP) is 6.80. The highest BCUT2D eigenvalue weighted by atomic mass is 16.5. The first-order valence-electron chi connectivity index (χ1n) is 9.77. The Bertz CT molecular complexity index is 489. The van der Waals surface area contributed by atoms with Crippen LogP contribution >= 0.6 is 0 Å². The molecule has 0 radical (unpaired) electrons. The molecule has 0 amide bonds. The van der Waals surface area contributed by atoms with Gasteiger partial charge in [-0.05, 0) is 68.4 Å². The molecule has 1 fully saturated rings. The molecule has 0 N–H and O–H groups in total. The van der Waals surface area contributed by atoms with Gasteiger partial charge in [0.1, 0.15) is 0 Å². The molecular weight excluding hydrogens is 292 g/mol. The van der Waals surface area contributed by atoms with Crippen molar-refractivity contribution in [2.75, 3.05) is 6.61 Å². The Morgan fingerprint density at radius 1 is 1.00 bits per heavy atom. The molecule has 0 atom stereocenters. The van der Waals surface area contributed by atoms with Crippen LogP contribution in [0.3, 0.4) is 0 Å². The first-order chi connectivity index (χ1) is 11.8. The Morgan fingerprint density at radius 2 is 1.75 bits per heavy atom. The summed E-state index contributed by atoms with van der Waals surface area (Å²) in [6, 6.07) is 9.14. The fraction of sp³-hybridized carbons (Fsp3) is 0.565. The van der Waals surface area contributed by atoms with Crippen LogP contribution in [0.15, 0.2) is 48.6 Å². The van der Waals surface area contributed by atoms with Crippen LogP contribution < -0.4 is 0 Å². The maximum Gasteiger partial charge on any atom is 0.0717 e. The van der Waals surface area contributed by atoms with Crippen molar-refractivity contribution in [1.29, 1.82) is 0 Å². The second-order valence-electron chi connectivity index (χ2n) is 6.98. The molecule has 1 aromatic rings. The predicted molar refractivity (Wildman–Crippen MR) is 104 cm³/mol. The molecule has 1 nitrogen and oxygen atoms in total. The van der Waals surface area contributed by atoms with E-state index in [0.717, 1.165) is 31.5 Å². The van der Waals surface area contributed by atoms with Crippen molar-refractivity contribution in [1.82, 2.24) is 0 Å². The zero-order chi connectivity index (χ0) is 17.0. The fourth-order valence-corrected chi connectivity index (χ4v) is 3.49. The van der Waals surface area contributed by atoms with E-state index < -0.39 is 0 Å². The molecule has 1 aromatic carbocycles. The van der Waals surface area contributed by atoms with Crippen LogP contribution in [0, 0.1) is 5.92 Å². The molecule has 132 valence electrons. The van der Waals surface area contributed by atoms with E-state index in [0.29, 0.717) is 0 Å². The number of allylic oxidation sites excluding steroid dienone is 3. The lowest BCUT2D eigenvalue weighted by Gasteiger charge is -2.27. The zero-order valence-corrected chi connectivity index (χ0v) is 15.5. The van der Waals surface area contributed by atoms with Gasteiger partial charge in [-0.3, -0.25) is 0 Å². The molecular formula is C23H34O. The second-order valence-corrected chi connectivity index (χ2v) is 6.98. The monoisotopic (exact) mass is 326 g/mol. The van der Waals surface area contributed by atoms with E-state index in [1.165, 1.54) is 49.7 Å². The van der Waals surface area contributed by atoms with Crippen molar-refractivity contribution < 1.29 is 4.74 Å². The van der Waals surface area contributed by atoms with E-state index in [4.69, 9.17) is 4.74 Å². The third-order valence-electron chi connectivity index (χ3n) is 5.02. The van der Waals surface area contributed by atoms with E-state index >= 15 is 0 Å². The number of hydrogen-bond donors (Lipinski definition) is 0. The molecule has 0 unspecified atom stereocenters. The number of benzene rings is 1. The number of unbranched alkanes of at least 4 members (excludes halogenated alkanes) is 1. The molecule has 0 saturated heterocycles. The van der Waals surface area contributed by atoms with E-state index in [9.17, 15) is 0 Å². The van der Waals surface area contributed by atoms with Gasteiger partial charge in [-0.15, -0.1) is 0 Å². The summed E-state index contributed by atoms with van der Waals surface area (Å²) in [6.07, 6.45) is 17.9. The van der Waals surface area contributed by atoms with Gasteiger partial charge >= 0.3 is 0 Å². The molecule has 0 heterocycles. The van der Waals surface area contributed by atoms with Gasteiger partial charge < -0.3 is 4.74 Å². The van der Waals surface area contributed by atoms with Crippen LogP contribution in [0.2, 0.25) is 0 Å². The zero-order valence-electron chi connectivity index (χ0n) is 15.5. The van der Waals surface area contributed by atoms with Gasteiger partial charge in [0.25, 0.3) is 0 Å². The fourth-order valence-electron chi connectivity index (χ4n) is 3.49. The third-order valence-corrected chi connectivity index (χ3v) is 5.02. The molecule has 1 aliphatic rings. The lowest BCUT2D eigenvalue weighted by molar-refractivity contribution is 0.125. The molecule has 0 bridgehead atoms. The molecule has 24 heavy (non-hydrogen) atoms. The summed E-state index contributed by atoms with van der Waals surface area (Å²) in [6.45, 7) is 5.83. The average Bonchev–Trinajstić information content (AvgIpc) is 2.63. The van der Waals surface area contributed by atoms with Crippen molar-refractivity contribution in [3.8, 4) is 0 Å². The summed E-state index contributed by atoms with van der Waals surface area (Å²) in [5.74, 6) is 1.57. The van der Waals surface area contributed by atoms with Crippen molar-refractivity contribution in [3.63, 3.8) is 0 Å². The normalized spacial score (nSPS) is 21.8. The molecule has 1 heteroatoms. The lowest BCUT2D eigenvalue weighted by atomic mass is 9.78.